The Balaban J connectivity index is 1.17. The smallest absolute Gasteiger partial charge is 0.410 e. The summed E-state index contributed by atoms with van der Waals surface area (Å²) in [5.74, 6) is -1.22. The Morgan fingerprint density at radius 2 is 1.24 bits per heavy atom. The Bertz CT molecular complexity index is 1510. The summed E-state index contributed by atoms with van der Waals surface area (Å²) < 4.78 is 16.8. The molecule has 0 saturated carbocycles. The van der Waals surface area contributed by atoms with Crippen LogP contribution in [0.1, 0.15) is 97.1 Å². The van der Waals surface area contributed by atoms with Gasteiger partial charge in [0.1, 0.15) is 23.9 Å². The van der Waals surface area contributed by atoms with Crippen LogP contribution >= 0.6 is 0 Å². The summed E-state index contributed by atoms with van der Waals surface area (Å²) in [5.41, 5.74) is 3.20. The van der Waals surface area contributed by atoms with Crippen molar-refractivity contribution in [3.8, 4) is 11.1 Å². The monoisotopic (exact) mass is 748 g/mol. The first kappa shape index (κ1) is 42.2. The minimum Gasteiger partial charge on any atom is -0.480 e. The molecule has 0 radical (unpaired) electrons. The minimum atomic E-state index is -1.11. The van der Waals surface area contributed by atoms with Gasteiger partial charge < -0.3 is 34.4 Å². The Morgan fingerprint density at radius 3 is 1.76 bits per heavy atom. The van der Waals surface area contributed by atoms with E-state index in [1.807, 2.05) is 84.0 Å². The van der Waals surface area contributed by atoms with Crippen LogP contribution in [0.4, 0.5) is 14.4 Å². The highest BCUT2D eigenvalue weighted by Crippen LogP contribution is 2.44. The number of carboxylic acids is 1. The lowest BCUT2D eigenvalue weighted by Crippen LogP contribution is -2.44. The first-order valence-corrected chi connectivity index (χ1v) is 19.3. The van der Waals surface area contributed by atoms with Crippen molar-refractivity contribution < 1.29 is 38.5 Å². The number of ether oxygens (including phenoxy) is 3. The number of rotatable bonds is 13. The first-order valence-electron chi connectivity index (χ1n) is 19.3. The van der Waals surface area contributed by atoms with Gasteiger partial charge in [0.2, 0.25) is 0 Å². The second kappa shape index (κ2) is 19.7. The fourth-order valence-corrected chi connectivity index (χ4v) is 6.65. The summed E-state index contributed by atoms with van der Waals surface area (Å²) in [5, 5.41) is 12.2. The molecule has 0 unspecified atom stereocenters. The van der Waals surface area contributed by atoms with Crippen molar-refractivity contribution in [1.82, 2.24) is 20.0 Å². The highest BCUT2D eigenvalue weighted by atomic mass is 16.6. The molecule has 54 heavy (non-hydrogen) atoms. The number of hydrogen-bond acceptors (Lipinski definition) is 8. The van der Waals surface area contributed by atoms with E-state index in [9.17, 15) is 24.3 Å². The Morgan fingerprint density at radius 1 is 0.741 bits per heavy atom. The van der Waals surface area contributed by atoms with E-state index in [0.29, 0.717) is 39.3 Å². The summed E-state index contributed by atoms with van der Waals surface area (Å²) >= 11 is 0. The number of carboxylic acid groups (broad SMARTS) is 1. The second-order valence-corrected chi connectivity index (χ2v) is 16.0. The summed E-state index contributed by atoms with van der Waals surface area (Å²) in [6.45, 7) is 15.1. The summed E-state index contributed by atoms with van der Waals surface area (Å²) in [4.78, 5) is 56.1. The van der Waals surface area contributed by atoms with Crippen LogP contribution in [0.5, 0.6) is 0 Å². The van der Waals surface area contributed by atoms with E-state index in [0.717, 1.165) is 60.9 Å². The zero-order chi connectivity index (χ0) is 39.3. The van der Waals surface area contributed by atoms with Gasteiger partial charge in [0.15, 0.2) is 0 Å². The topological polar surface area (TPSA) is 138 Å². The molecule has 2 aliphatic rings. The van der Waals surface area contributed by atoms with E-state index in [1.54, 1.807) is 15.9 Å². The maximum atomic E-state index is 13.0. The normalized spacial score (nSPS) is 16.1. The summed E-state index contributed by atoms with van der Waals surface area (Å²) in [7, 11) is 0. The van der Waals surface area contributed by atoms with Crippen LogP contribution in [0.15, 0.2) is 60.7 Å². The van der Waals surface area contributed by atoms with Crippen molar-refractivity contribution in [2.45, 2.75) is 103 Å². The SMILES string of the molecule is CC(C)(C)OC(=O)N1CCN(CCCCCC/C=C/C[C@H](NC(=O)OCC2c3ccccc3-c3ccccc32)C(=O)O)CCN(C(=O)OC(C)(C)C)CC1. The van der Waals surface area contributed by atoms with Gasteiger partial charge in [0.05, 0.1) is 0 Å². The number of unbranched alkanes of at least 4 members (excludes halogenated alkanes) is 4. The van der Waals surface area contributed by atoms with Gasteiger partial charge >= 0.3 is 24.2 Å². The Kier molecular flexibility index (Phi) is 15.4. The fourth-order valence-electron chi connectivity index (χ4n) is 6.65. The molecule has 1 saturated heterocycles. The number of carbonyl (C=O) groups excluding carboxylic acids is 3. The lowest BCUT2D eigenvalue weighted by molar-refractivity contribution is -0.139. The van der Waals surface area contributed by atoms with Crippen LogP contribution in [-0.2, 0) is 19.0 Å². The molecule has 3 amide bonds. The molecule has 2 N–H and O–H groups in total. The molecular weight excluding hydrogens is 688 g/mol. The van der Waals surface area contributed by atoms with Crippen molar-refractivity contribution in [3.05, 3.63) is 71.8 Å². The molecule has 4 rings (SSSR count). The molecule has 0 aromatic heterocycles. The highest BCUT2D eigenvalue weighted by Gasteiger charge is 2.30. The van der Waals surface area contributed by atoms with E-state index in [4.69, 9.17) is 14.2 Å². The number of alkyl carbamates (subject to hydrolysis) is 1. The summed E-state index contributed by atoms with van der Waals surface area (Å²) in [6.07, 6.45) is 7.15. The standard InChI is InChI=1S/C42H60N4O8/c1-41(2,3)53-39(50)45-26-24-44(25-27-46(29-28-45)40(51)54-42(4,5)6)23-17-11-9-7-8-10-12-22-36(37(47)48)43-38(49)52-30-35-33-20-15-13-18-31(33)32-19-14-16-21-34(32)35/h10,12-16,18-21,35-36H,7-9,11,17,22-30H2,1-6H3,(H,43,49)(H,47,48)/b12-10+/t36-/m0/s1. The Hall–Kier alpha value is -4.58. The molecule has 0 spiro atoms. The molecule has 1 atom stereocenters. The molecule has 296 valence electrons. The van der Waals surface area contributed by atoms with Gasteiger partial charge in [-0.3, -0.25) is 4.90 Å². The molecule has 2 aromatic rings. The molecule has 2 aromatic carbocycles. The third-order valence-electron chi connectivity index (χ3n) is 9.38. The Labute approximate surface area is 320 Å². The van der Waals surface area contributed by atoms with Crippen molar-refractivity contribution in [2.24, 2.45) is 0 Å². The molecule has 1 aliphatic carbocycles. The molecule has 12 nitrogen and oxygen atoms in total. The van der Waals surface area contributed by atoms with Gasteiger partial charge in [0, 0.05) is 45.2 Å². The number of allylic oxidation sites excluding steroid dienone is 1. The number of benzene rings is 2. The molecule has 1 fully saturated rings. The van der Waals surface area contributed by atoms with Crippen LogP contribution in [-0.4, -0.2) is 114 Å². The third-order valence-corrected chi connectivity index (χ3v) is 9.38. The number of nitrogens with zero attached hydrogens (tertiary/aromatic N) is 3. The molecule has 1 heterocycles. The van der Waals surface area contributed by atoms with E-state index in [2.05, 4.69) is 22.3 Å². The lowest BCUT2D eigenvalue weighted by atomic mass is 9.98. The number of amides is 3. The molecule has 12 heteroatoms. The second-order valence-electron chi connectivity index (χ2n) is 16.0. The number of aliphatic carboxylic acids is 1. The van der Waals surface area contributed by atoms with E-state index < -0.39 is 29.3 Å². The zero-order valence-electron chi connectivity index (χ0n) is 33.0. The number of fused-ring (bicyclic) bond motifs is 3. The average Bonchev–Trinajstić information content (AvgIpc) is 3.46. The maximum absolute atomic E-state index is 13.0. The van der Waals surface area contributed by atoms with Crippen LogP contribution in [0.2, 0.25) is 0 Å². The minimum absolute atomic E-state index is 0.103. The van der Waals surface area contributed by atoms with Crippen LogP contribution < -0.4 is 5.32 Å². The first-order chi connectivity index (χ1) is 25.6. The highest BCUT2D eigenvalue weighted by molar-refractivity contribution is 5.81. The van der Waals surface area contributed by atoms with Gasteiger partial charge in [-0.1, -0.05) is 73.5 Å². The number of nitrogens with one attached hydrogen (secondary N) is 1. The van der Waals surface area contributed by atoms with Crippen LogP contribution in [0.3, 0.4) is 0 Å². The van der Waals surface area contributed by atoms with Gasteiger partial charge in [-0.25, -0.2) is 19.2 Å². The third kappa shape index (κ3) is 13.4. The van der Waals surface area contributed by atoms with Gasteiger partial charge in [-0.05, 0) is 96.0 Å². The lowest BCUT2D eigenvalue weighted by Gasteiger charge is -2.30. The van der Waals surface area contributed by atoms with Crippen molar-refractivity contribution in [1.29, 1.82) is 0 Å². The van der Waals surface area contributed by atoms with Crippen LogP contribution in [0.25, 0.3) is 11.1 Å². The van der Waals surface area contributed by atoms with Crippen LogP contribution in [0, 0.1) is 0 Å². The quantitative estimate of drug-likeness (QED) is 0.120. The molecule has 0 bridgehead atoms. The summed E-state index contributed by atoms with van der Waals surface area (Å²) in [6, 6.07) is 15.0. The predicted molar refractivity (Wildman–Crippen MR) is 209 cm³/mol. The fraction of sp³-hybridized carbons (Fsp3) is 0.571. The average molecular weight is 749 g/mol. The molecule has 1 aliphatic heterocycles. The number of carbonyl (C=O) groups is 4. The van der Waals surface area contributed by atoms with E-state index >= 15 is 0 Å². The van der Waals surface area contributed by atoms with Gasteiger partial charge in [-0.2, -0.15) is 0 Å². The zero-order valence-corrected chi connectivity index (χ0v) is 33.0. The predicted octanol–water partition coefficient (Wildman–Crippen LogP) is 7.66. The number of hydrogen-bond donors (Lipinski definition) is 2. The largest absolute Gasteiger partial charge is 0.480 e. The van der Waals surface area contributed by atoms with Crippen molar-refractivity contribution in [3.63, 3.8) is 0 Å². The van der Waals surface area contributed by atoms with E-state index in [1.165, 1.54) is 0 Å². The van der Waals surface area contributed by atoms with Crippen molar-refractivity contribution >= 4 is 24.2 Å². The van der Waals surface area contributed by atoms with Gasteiger partial charge in [0.25, 0.3) is 0 Å². The maximum Gasteiger partial charge on any atom is 0.410 e. The van der Waals surface area contributed by atoms with E-state index in [-0.39, 0.29) is 31.1 Å². The van der Waals surface area contributed by atoms with Crippen molar-refractivity contribution in [2.75, 3.05) is 52.4 Å². The molecular formula is C42H60N4O8. The van der Waals surface area contributed by atoms with Gasteiger partial charge in [-0.15, -0.1) is 0 Å².